The van der Waals surface area contributed by atoms with Crippen LogP contribution in [-0.4, -0.2) is 25.5 Å². The lowest BCUT2D eigenvalue weighted by Gasteiger charge is -2.13. The number of carbonyl (C=O) groups is 1. The van der Waals surface area contributed by atoms with E-state index in [1.165, 1.54) is 7.11 Å². The van der Waals surface area contributed by atoms with Gasteiger partial charge < -0.3 is 10.1 Å². The van der Waals surface area contributed by atoms with Crippen molar-refractivity contribution in [2.75, 3.05) is 24.9 Å². The summed E-state index contributed by atoms with van der Waals surface area (Å²) in [7, 11) is 1.38. The van der Waals surface area contributed by atoms with Crippen LogP contribution in [0.25, 0.3) is 0 Å². The van der Waals surface area contributed by atoms with E-state index < -0.39 is 0 Å². The Morgan fingerprint density at radius 2 is 2.16 bits per heavy atom. The van der Waals surface area contributed by atoms with Crippen LogP contribution in [0.3, 0.4) is 0 Å². The van der Waals surface area contributed by atoms with Crippen molar-refractivity contribution in [2.45, 2.75) is 25.7 Å². The molecule has 0 saturated heterocycles. The molecule has 0 amide bonds. The Hall–Kier alpha value is -0.930. The van der Waals surface area contributed by atoms with Gasteiger partial charge in [-0.05, 0) is 37.5 Å². The van der Waals surface area contributed by atoms with Gasteiger partial charge in [-0.3, -0.25) is 4.79 Å². The molecule has 0 aliphatic heterocycles. The molecule has 0 heterocycles. The van der Waals surface area contributed by atoms with E-state index in [4.69, 9.17) is 27.9 Å². The van der Waals surface area contributed by atoms with Crippen LogP contribution in [-0.2, 0) is 9.53 Å². The first-order chi connectivity index (χ1) is 9.10. The van der Waals surface area contributed by atoms with Crippen molar-refractivity contribution in [1.82, 2.24) is 0 Å². The lowest BCUT2D eigenvalue weighted by Crippen LogP contribution is -2.11. The zero-order valence-corrected chi connectivity index (χ0v) is 12.7. The van der Waals surface area contributed by atoms with Gasteiger partial charge in [-0.1, -0.05) is 17.7 Å². The molecule has 0 saturated carbocycles. The first kappa shape index (κ1) is 16.1. The smallest absolute Gasteiger partial charge is 0.312 e. The third kappa shape index (κ3) is 4.92. The number of carbonyl (C=O) groups excluding carboxylic acids is 1. The van der Waals surface area contributed by atoms with Crippen molar-refractivity contribution >= 4 is 34.9 Å². The highest BCUT2D eigenvalue weighted by atomic mass is 35.5. The summed E-state index contributed by atoms with van der Waals surface area (Å²) in [5, 5.41) is 3.86. The molecule has 3 nitrogen and oxygen atoms in total. The fourth-order valence-corrected chi connectivity index (χ4v) is 2.14. The van der Waals surface area contributed by atoms with Gasteiger partial charge in [0.1, 0.15) is 0 Å². The Bertz CT molecular complexity index is 424. The summed E-state index contributed by atoms with van der Waals surface area (Å²) in [5.74, 6) is 0.0945. The van der Waals surface area contributed by atoms with E-state index >= 15 is 0 Å². The maximum Gasteiger partial charge on any atom is 0.312 e. The van der Waals surface area contributed by atoms with Crippen molar-refractivity contribution in [1.29, 1.82) is 0 Å². The van der Waals surface area contributed by atoms with Crippen LogP contribution in [0.4, 0.5) is 5.69 Å². The SMILES string of the molecule is COC(=O)C(C)c1ccc(NCCCCCl)c(Cl)c1. The average Bonchev–Trinajstić information content (AvgIpc) is 2.43. The number of benzene rings is 1. The number of hydrogen-bond acceptors (Lipinski definition) is 3. The summed E-state index contributed by atoms with van der Waals surface area (Å²) in [6, 6.07) is 5.57. The van der Waals surface area contributed by atoms with Crippen LogP contribution < -0.4 is 5.32 Å². The summed E-state index contributed by atoms with van der Waals surface area (Å²) >= 11 is 11.8. The molecule has 0 aromatic heterocycles. The lowest BCUT2D eigenvalue weighted by atomic mass is 10.0. The van der Waals surface area contributed by atoms with Gasteiger partial charge in [0, 0.05) is 12.4 Å². The van der Waals surface area contributed by atoms with Crippen LogP contribution in [0, 0.1) is 0 Å². The lowest BCUT2D eigenvalue weighted by molar-refractivity contribution is -0.141. The molecule has 1 rings (SSSR count). The highest BCUT2D eigenvalue weighted by Crippen LogP contribution is 2.27. The van der Waals surface area contributed by atoms with Crippen molar-refractivity contribution in [3.63, 3.8) is 0 Å². The summed E-state index contributed by atoms with van der Waals surface area (Å²) in [6.07, 6.45) is 1.98. The van der Waals surface area contributed by atoms with E-state index in [1.54, 1.807) is 13.0 Å². The van der Waals surface area contributed by atoms with Gasteiger partial charge in [-0.25, -0.2) is 0 Å². The predicted octanol–water partition coefficient (Wildman–Crippen LogP) is 4.05. The standard InChI is InChI=1S/C14H19Cl2NO2/c1-10(14(18)19-2)11-5-6-13(12(16)9-11)17-8-4-3-7-15/h5-6,9-10,17H,3-4,7-8H2,1-2H3. The minimum absolute atomic E-state index is 0.265. The molecule has 1 atom stereocenters. The van der Waals surface area contributed by atoms with E-state index in [-0.39, 0.29) is 11.9 Å². The Kier molecular flexibility index (Phi) is 7.03. The summed E-state index contributed by atoms with van der Waals surface area (Å²) < 4.78 is 4.72. The van der Waals surface area contributed by atoms with E-state index in [1.807, 2.05) is 12.1 Å². The Morgan fingerprint density at radius 1 is 1.42 bits per heavy atom. The molecule has 106 valence electrons. The fraction of sp³-hybridized carbons (Fsp3) is 0.500. The summed E-state index contributed by atoms with van der Waals surface area (Å²) in [5.41, 5.74) is 1.72. The highest BCUT2D eigenvalue weighted by molar-refractivity contribution is 6.33. The molecule has 0 aliphatic carbocycles. The Labute approximate surface area is 124 Å². The second-order valence-corrected chi connectivity index (χ2v) is 5.09. The van der Waals surface area contributed by atoms with Crippen molar-refractivity contribution in [3.05, 3.63) is 28.8 Å². The third-order valence-corrected chi connectivity index (χ3v) is 3.50. The molecule has 5 heteroatoms. The first-order valence-electron chi connectivity index (χ1n) is 6.27. The number of rotatable bonds is 7. The average molecular weight is 304 g/mol. The van der Waals surface area contributed by atoms with E-state index in [2.05, 4.69) is 5.32 Å². The number of halogens is 2. The molecule has 0 spiro atoms. The zero-order valence-electron chi connectivity index (χ0n) is 11.2. The molecule has 1 unspecified atom stereocenters. The molecule has 0 bridgehead atoms. The fourth-order valence-electron chi connectivity index (χ4n) is 1.70. The van der Waals surface area contributed by atoms with Gasteiger partial charge in [0.2, 0.25) is 0 Å². The number of esters is 1. The molecule has 1 N–H and O–H groups in total. The molecular weight excluding hydrogens is 285 g/mol. The first-order valence-corrected chi connectivity index (χ1v) is 7.18. The largest absolute Gasteiger partial charge is 0.469 e. The number of anilines is 1. The normalized spacial score (nSPS) is 12.0. The highest BCUT2D eigenvalue weighted by Gasteiger charge is 2.16. The monoisotopic (exact) mass is 303 g/mol. The van der Waals surface area contributed by atoms with Gasteiger partial charge in [0.05, 0.1) is 23.7 Å². The molecule has 0 fully saturated rings. The topological polar surface area (TPSA) is 38.3 Å². The van der Waals surface area contributed by atoms with Crippen LogP contribution in [0.2, 0.25) is 5.02 Å². The number of nitrogens with one attached hydrogen (secondary N) is 1. The van der Waals surface area contributed by atoms with Gasteiger partial charge in [0.15, 0.2) is 0 Å². The second kappa shape index (κ2) is 8.28. The van der Waals surface area contributed by atoms with E-state index in [0.29, 0.717) is 10.9 Å². The van der Waals surface area contributed by atoms with Gasteiger partial charge in [-0.2, -0.15) is 0 Å². The van der Waals surface area contributed by atoms with Crippen molar-refractivity contribution in [2.24, 2.45) is 0 Å². The number of hydrogen-bond donors (Lipinski definition) is 1. The summed E-state index contributed by atoms with van der Waals surface area (Å²) in [6.45, 7) is 2.63. The quantitative estimate of drug-likeness (QED) is 0.469. The van der Waals surface area contributed by atoms with Crippen LogP contribution >= 0.6 is 23.2 Å². The van der Waals surface area contributed by atoms with E-state index in [0.717, 1.165) is 30.6 Å². The molecule has 1 aromatic carbocycles. The minimum atomic E-state index is -0.312. The van der Waals surface area contributed by atoms with Gasteiger partial charge >= 0.3 is 5.97 Å². The molecule has 0 aliphatic rings. The van der Waals surface area contributed by atoms with Crippen molar-refractivity contribution in [3.8, 4) is 0 Å². The number of alkyl halides is 1. The Morgan fingerprint density at radius 3 is 2.74 bits per heavy atom. The number of unbranched alkanes of at least 4 members (excludes halogenated alkanes) is 1. The number of methoxy groups -OCH3 is 1. The van der Waals surface area contributed by atoms with Crippen LogP contribution in [0.5, 0.6) is 0 Å². The third-order valence-electron chi connectivity index (χ3n) is 2.92. The van der Waals surface area contributed by atoms with Crippen LogP contribution in [0.1, 0.15) is 31.2 Å². The second-order valence-electron chi connectivity index (χ2n) is 4.31. The molecule has 0 radical (unpaired) electrons. The minimum Gasteiger partial charge on any atom is -0.469 e. The van der Waals surface area contributed by atoms with Gasteiger partial charge in [0.25, 0.3) is 0 Å². The predicted molar refractivity (Wildman–Crippen MR) is 80.3 cm³/mol. The number of ether oxygens (including phenoxy) is 1. The molecule has 1 aromatic rings. The zero-order chi connectivity index (χ0) is 14.3. The van der Waals surface area contributed by atoms with E-state index in [9.17, 15) is 4.79 Å². The van der Waals surface area contributed by atoms with Crippen molar-refractivity contribution < 1.29 is 9.53 Å². The Balaban J connectivity index is 2.66. The molecular formula is C14H19Cl2NO2. The van der Waals surface area contributed by atoms with Crippen LogP contribution in [0.15, 0.2) is 18.2 Å². The maximum absolute atomic E-state index is 11.5. The summed E-state index contributed by atoms with van der Waals surface area (Å²) in [4.78, 5) is 11.5. The van der Waals surface area contributed by atoms with Gasteiger partial charge in [-0.15, -0.1) is 11.6 Å². The molecule has 19 heavy (non-hydrogen) atoms. The maximum atomic E-state index is 11.5.